The zero-order valence-electron chi connectivity index (χ0n) is 25.5. The van der Waals surface area contributed by atoms with E-state index in [2.05, 4.69) is 46.6 Å². The van der Waals surface area contributed by atoms with Crippen LogP contribution in [0.25, 0.3) is 0 Å². The molecule has 0 aromatic carbocycles. The molecule has 0 aliphatic heterocycles. The topological polar surface area (TPSA) is 339 Å². The summed E-state index contributed by atoms with van der Waals surface area (Å²) in [6, 6.07) is -4.52. The van der Waals surface area contributed by atoms with Gasteiger partial charge in [-0.05, 0) is 12.8 Å². The number of hydrogen-bond acceptors (Lipinski definition) is 14. The van der Waals surface area contributed by atoms with Crippen molar-refractivity contribution in [3.63, 3.8) is 0 Å². The number of aromatic nitrogens is 4. The summed E-state index contributed by atoms with van der Waals surface area (Å²) in [4.78, 5) is 87.4. The molecule has 0 aliphatic carbocycles. The number of aromatic amines is 1. The van der Waals surface area contributed by atoms with Gasteiger partial charge in [0, 0.05) is 30.4 Å². The normalized spacial score (nSPS) is 13.1. The van der Waals surface area contributed by atoms with E-state index in [4.69, 9.17) is 25.2 Å². The molecule has 0 fully saturated rings. The average Bonchev–Trinajstić information content (AvgIpc) is 3.48. The molecule has 0 saturated carbocycles. The van der Waals surface area contributed by atoms with Gasteiger partial charge in [-0.25, -0.2) is 19.2 Å². The lowest BCUT2D eigenvalue weighted by Crippen LogP contribution is -2.50. The number of urea groups is 2. The van der Waals surface area contributed by atoms with E-state index in [9.17, 15) is 38.4 Å². The molecular weight excluding hydrogens is 656 g/mol. The van der Waals surface area contributed by atoms with Crippen molar-refractivity contribution < 1.29 is 68.3 Å². The van der Waals surface area contributed by atoms with E-state index < -0.39 is 73.3 Å². The van der Waals surface area contributed by atoms with Crippen LogP contribution in [0.4, 0.5) is 9.59 Å². The smallest absolute Gasteiger partial charge is 0.326 e. The van der Waals surface area contributed by atoms with Gasteiger partial charge >= 0.3 is 35.9 Å². The molecular formula is C24H38N8O14S. The lowest BCUT2D eigenvalue weighted by molar-refractivity contribution is -0.142. The zero-order chi connectivity index (χ0) is 36.0. The van der Waals surface area contributed by atoms with Gasteiger partial charge in [0.1, 0.15) is 12.1 Å². The van der Waals surface area contributed by atoms with E-state index in [0.29, 0.717) is 5.82 Å². The minimum atomic E-state index is -1.39. The van der Waals surface area contributed by atoms with Crippen LogP contribution in [0.2, 0.25) is 0 Å². The first-order chi connectivity index (χ1) is 22.0. The van der Waals surface area contributed by atoms with E-state index in [1.807, 2.05) is 20.8 Å². The van der Waals surface area contributed by atoms with Gasteiger partial charge in [0.15, 0.2) is 18.3 Å². The number of carbonyl (C=O) groups excluding carboxylic acids is 4. The Morgan fingerprint density at radius 3 is 1.64 bits per heavy atom. The van der Waals surface area contributed by atoms with E-state index in [-0.39, 0.29) is 49.1 Å². The fourth-order valence-corrected chi connectivity index (χ4v) is 3.85. The molecule has 4 amide bonds. The summed E-state index contributed by atoms with van der Waals surface area (Å²) in [6.45, 7) is 6.15. The van der Waals surface area contributed by atoms with E-state index in [0.717, 1.165) is 0 Å². The molecule has 0 radical (unpaired) electrons. The monoisotopic (exact) mass is 694 g/mol. The summed E-state index contributed by atoms with van der Waals surface area (Å²) in [6.07, 6.45) is -2.99. The maximum Gasteiger partial charge on any atom is 0.326 e. The number of nitrogens with zero attached hydrogens (tertiary/aromatic N) is 3. The minimum absolute atomic E-state index is 0.117. The summed E-state index contributed by atoms with van der Waals surface area (Å²) in [5.41, 5.74) is 0. The molecule has 1 aromatic heterocycles. The Morgan fingerprint density at radius 2 is 1.26 bits per heavy atom. The molecule has 0 saturated heterocycles. The number of thioether (sulfide) groups is 1. The molecule has 4 atom stereocenters. The first-order valence-corrected chi connectivity index (χ1v) is 14.5. The van der Waals surface area contributed by atoms with Crippen LogP contribution in [0.1, 0.15) is 58.7 Å². The van der Waals surface area contributed by atoms with Crippen molar-refractivity contribution in [3.8, 4) is 0 Å². The van der Waals surface area contributed by atoms with Crippen molar-refractivity contribution in [2.24, 2.45) is 0 Å². The number of carbonyl (C=O) groups is 8. The molecule has 47 heavy (non-hydrogen) atoms. The number of hydrogen-bond donors (Lipinski definition) is 9. The fraction of sp³-hybridized carbons (Fsp3) is 0.625. The van der Waals surface area contributed by atoms with Crippen molar-refractivity contribution in [2.45, 2.75) is 88.6 Å². The van der Waals surface area contributed by atoms with Crippen LogP contribution >= 0.6 is 11.8 Å². The van der Waals surface area contributed by atoms with Crippen LogP contribution in [0, 0.1) is 0 Å². The lowest BCUT2D eigenvalue weighted by Gasteiger charge is -2.23. The summed E-state index contributed by atoms with van der Waals surface area (Å²) < 4.78 is 9.29. The predicted octanol–water partition coefficient (Wildman–Crippen LogP) is -1.12. The summed E-state index contributed by atoms with van der Waals surface area (Å²) in [5, 5.41) is 56.8. The molecule has 0 aliphatic rings. The van der Waals surface area contributed by atoms with Crippen LogP contribution in [-0.4, -0.2) is 125 Å². The summed E-state index contributed by atoms with van der Waals surface area (Å²) in [7, 11) is 0. The minimum Gasteiger partial charge on any atom is -0.481 e. The third-order valence-corrected chi connectivity index (χ3v) is 6.55. The van der Waals surface area contributed by atoms with Gasteiger partial charge in [0.25, 0.3) is 12.9 Å². The standard InChI is InChI=1S/C13H22N2O7S.C11H16N6O7/c1-13(2,3)23-6-9(22-7-16)15-12(21)14-8(11(19)20)4-5-10(17)18;18-5-24-8(3-2-7-14-16-17-15-7)13-11(23)12-6(10(21)22)1-4-9(19)20/h7-9H,4-6H2,1-3H3,(H,17,18)(H,19,20)(H2,14,15,21);5-6,8H,1-4H2,(H,19,20)(H,21,22)(H2,12,13,23)(H,14,15,16,17)/t8-,9+;6-,8+/m00/s1. The van der Waals surface area contributed by atoms with Crippen molar-refractivity contribution >= 4 is 60.6 Å². The average molecular weight is 695 g/mol. The molecule has 9 N–H and O–H groups in total. The Bertz CT molecular complexity index is 1180. The Morgan fingerprint density at radius 1 is 0.787 bits per heavy atom. The molecule has 264 valence electrons. The van der Waals surface area contributed by atoms with Crippen molar-refractivity contribution in [1.82, 2.24) is 41.9 Å². The number of nitrogens with one attached hydrogen (secondary N) is 5. The Labute approximate surface area is 271 Å². The molecule has 0 bridgehead atoms. The quantitative estimate of drug-likeness (QED) is 0.0543. The molecule has 0 unspecified atom stereocenters. The fourth-order valence-electron chi connectivity index (χ4n) is 3.04. The van der Waals surface area contributed by atoms with Gasteiger partial charge in [0.2, 0.25) is 0 Å². The number of rotatable bonds is 21. The number of ether oxygens (including phenoxy) is 2. The molecule has 1 rings (SSSR count). The largest absolute Gasteiger partial charge is 0.481 e. The molecule has 1 aromatic rings. The number of tetrazole rings is 1. The van der Waals surface area contributed by atoms with Crippen LogP contribution in [-0.2, 0) is 44.7 Å². The third-order valence-electron chi connectivity index (χ3n) is 5.21. The molecule has 1 heterocycles. The van der Waals surface area contributed by atoms with Gasteiger partial charge in [-0.15, -0.1) is 10.2 Å². The molecule has 0 spiro atoms. The highest BCUT2D eigenvalue weighted by Crippen LogP contribution is 2.23. The van der Waals surface area contributed by atoms with Crippen LogP contribution < -0.4 is 21.3 Å². The second-order valence-electron chi connectivity index (χ2n) is 10.1. The highest BCUT2D eigenvalue weighted by Gasteiger charge is 2.25. The van der Waals surface area contributed by atoms with E-state index in [1.165, 1.54) is 11.8 Å². The van der Waals surface area contributed by atoms with Crippen molar-refractivity contribution in [3.05, 3.63) is 5.82 Å². The van der Waals surface area contributed by atoms with Gasteiger partial charge in [-0.1, -0.05) is 26.0 Å². The second-order valence-corrected chi connectivity index (χ2v) is 12.0. The predicted molar refractivity (Wildman–Crippen MR) is 157 cm³/mol. The van der Waals surface area contributed by atoms with E-state index in [1.54, 1.807) is 0 Å². The van der Waals surface area contributed by atoms with Crippen LogP contribution in [0.15, 0.2) is 0 Å². The number of aryl methyl sites for hydroxylation is 1. The molecule has 23 heteroatoms. The lowest BCUT2D eigenvalue weighted by atomic mass is 10.1. The van der Waals surface area contributed by atoms with E-state index >= 15 is 0 Å². The van der Waals surface area contributed by atoms with Gasteiger partial charge in [-0.3, -0.25) is 19.2 Å². The van der Waals surface area contributed by atoms with Gasteiger partial charge in [0.05, 0.1) is 5.75 Å². The number of amides is 4. The zero-order valence-corrected chi connectivity index (χ0v) is 26.4. The van der Waals surface area contributed by atoms with Crippen LogP contribution in [0.5, 0.6) is 0 Å². The highest BCUT2D eigenvalue weighted by atomic mass is 32.2. The number of carboxylic acid groups (broad SMARTS) is 4. The SMILES string of the molecule is CC(C)(C)SC[C@H](NC(=O)N[C@@H](CCC(=O)O)C(=O)O)OC=O.O=CO[C@H](CCc1nn[nH]n1)NC(=O)N[C@@H](CCC(=O)O)C(=O)O. The van der Waals surface area contributed by atoms with Gasteiger partial charge in [-0.2, -0.15) is 17.0 Å². The van der Waals surface area contributed by atoms with Crippen LogP contribution in [0.3, 0.4) is 0 Å². The Kier molecular flexibility index (Phi) is 19.8. The first kappa shape index (κ1) is 41.8. The maximum atomic E-state index is 11.8. The van der Waals surface area contributed by atoms with Gasteiger partial charge < -0.3 is 51.2 Å². The first-order valence-electron chi connectivity index (χ1n) is 13.5. The number of aliphatic carboxylic acids is 4. The summed E-state index contributed by atoms with van der Waals surface area (Å²) >= 11 is 1.44. The highest BCUT2D eigenvalue weighted by molar-refractivity contribution is 8.00. The van der Waals surface area contributed by atoms with Crippen molar-refractivity contribution in [1.29, 1.82) is 0 Å². The maximum absolute atomic E-state index is 11.8. The third kappa shape index (κ3) is 22.0. The second kappa shape index (κ2) is 22.3. The number of carboxylic acids is 4. The Balaban J connectivity index is 0.000000902. The number of H-pyrrole nitrogens is 1. The Hall–Kier alpha value is -5.22. The summed E-state index contributed by atoms with van der Waals surface area (Å²) in [5.74, 6) is -4.47. The van der Waals surface area contributed by atoms with Crippen molar-refractivity contribution in [2.75, 3.05) is 5.75 Å². The molecule has 22 nitrogen and oxygen atoms in total.